The highest BCUT2D eigenvalue weighted by Crippen LogP contribution is 2.20. The third-order valence-corrected chi connectivity index (χ3v) is 2.94. The van der Waals surface area contributed by atoms with Crippen molar-refractivity contribution in [2.75, 3.05) is 5.32 Å². The van der Waals surface area contributed by atoms with Crippen molar-refractivity contribution in [3.8, 4) is 11.4 Å². The van der Waals surface area contributed by atoms with Crippen molar-refractivity contribution in [1.29, 1.82) is 0 Å². The highest BCUT2D eigenvalue weighted by atomic mass is 15.2. The van der Waals surface area contributed by atoms with Crippen LogP contribution in [-0.4, -0.2) is 24.7 Å². The van der Waals surface area contributed by atoms with Gasteiger partial charge in [-0.25, -0.2) is 9.97 Å². The van der Waals surface area contributed by atoms with Crippen LogP contribution in [0, 0.1) is 0 Å². The van der Waals surface area contributed by atoms with Crippen LogP contribution in [0.25, 0.3) is 11.4 Å². The van der Waals surface area contributed by atoms with Crippen LogP contribution in [0.3, 0.4) is 0 Å². The number of nitrogens with zero attached hydrogens (tertiary/aromatic N) is 5. The minimum absolute atomic E-state index is 0.684. The van der Waals surface area contributed by atoms with Crippen LogP contribution < -0.4 is 5.32 Å². The predicted octanol–water partition coefficient (Wildman–Crippen LogP) is 1.88. The molecule has 3 rings (SSSR count). The molecule has 6 heteroatoms. The van der Waals surface area contributed by atoms with E-state index in [2.05, 4.69) is 25.5 Å². The number of anilines is 1. The maximum absolute atomic E-state index is 4.11. The van der Waals surface area contributed by atoms with E-state index >= 15 is 0 Å². The first kappa shape index (κ1) is 12.3. The molecule has 0 aliphatic rings. The fourth-order valence-corrected chi connectivity index (χ4v) is 1.94. The van der Waals surface area contributed by atoms with Crippen LogP contribution >= 0.6 is 0 Å². The Morgan fingerprint density at radius 1 is 1.20 bits per heavy atom. The van der Waals surface area contributed by atoms with Gasteiger partial charge in [-0.2, -0.15) is 0 Å². The Hall–Kier alpha value is -2.76. The maximum atomic E-state index is 4.11. The van der Waals surface area contributed by atoms with E-state index in [1.54, 1.807) is 18.7 Å². The molecule has 100 valence electrons. The first-order chi connectivity index (χ1) is 9.83. The third-order valence-electron chi connectivity index (χ3n) is 2.94. The average molecular weight is 266 g/mol. The topological polar surface area (TPSA) is 68.5 Å². The standard InChI is InChI=1S/C14H14N6/c1-20-10-18-19-14(20)12-3-2-4-13(5-12)17-8-11-6-15-9-16-7-11/h2-7,9-10,17H,8H2,1H3. The number of hydrogen-bond acceptors (Lipinski definition) is 5. The molecule has 1 aromatic carbocycles. The molecule has 0 saturated heterocycles. The van der Waals surface area contributed by atoms with Gasteiger partial charge in [0, 0.05) is 42.8 Å². The van der Waals surface area contributed by atoms with Crippen molar-refractivity contribution in [1.82, 2.24) is 24.7 Å². The van der Waals surface area contributed by atoms with Crippen LogP contribution in [0.4, 0.5) is 5.69 Å². The van der Waals surface area contributed by atoms with E-state index in [0.717, 1.165) is 22.6 Å². The minimum atomic E-state index is 0.684. The Labute approximate surface area is 116 Å². The van der Waals surface area contributed by atoms with Gasteiger partial charge in [0.15, 0.2) is 5.82 Å². The highest BCUT2D eigenvalue weighted by molar-refractivity contribution is 5.62. The molecule has 6 nitrogen and oxygen atoms in total. The van der Waals surface area contributed by atoms with Gasteiger partial charge in [0.25, 0.3) is 0 Å². The SMILES string of the molecule is Cn1cnnc1-c1cccc(NCc2cncnc2)c1. The lowest BCUT2D eigenvalue weighted by molar-refractivity contribution is 0.919. The fourth-order valence-electron chi connectivity index (χ4n) is 1.94. The predicted molar refractivity (Wildman–Crippen MR) is 75.8 cm³/mol. The Morgan fingerprint density at radius 3 is 2.80 bits per heavy atom. The third kappa shape index (κ3) is 2.64. The number of benzene rings is 1. The zero-order valence-electron chi connectivity index (χ0n) is 11.1. The molecule has 0 fully saturated rings. The summed E-state index contributed by atoms with van der Waals surface area (Å²) in [6, 6.07) is 8.08. The van der Waals surface area contributed by atoms with Gasteiger partial charge < -0.3 is 9.88 Å². The van der Waals surface area contributed by atoms with Crippen LogP contribution in [0.5, 0.6) is 0 Å². The molecular weight excluding hydrogens is 252 g/mol. The molecule has 2 heterocycles. The van der Waals surface area contributed by atoms with Crippen LogP contribution in [-0.2, 0) is 13.6 Å². The van der Waals surface area contributed by atoms with Gasteiger partial charge in [-0.3, -0.25) is 0 Å². The van der Waals surface area contributed by atoms with Crippen LogP contribution in [0.15, 0.2) is 49.3 Å². The summed E-state index contributed by atoms with van der Waals surface area (Å²) in [5.41, 5.74) is 3.09. The summed E-state index contributed by atoms with van der Waals surface area (Å²) in [7, 11) is 1.93. The number of nitrogens with one attached hydrogen (secondary N) is 1. The lowest BCUT2D eigenvalue weighted by Gasteiger charge is -2.07. The second kappa shape index (κ2) is 5.48. The minimum Gasteiger partial charge on any atom is -0.381 e. The van der Waals surface area contributed by atoms with Crippen molar-refractivity contribution in [2.45, 2.75) is 6.54 Å². The molecule has 0 saturated carbocycles. The Bertz CT molecular complexity index is 692. The van der Waals surface area contributed by atoms with Crippen molar-refractivity contribution in [2.24, 2.45) is 7.05 Å². The molecule has 0 atom stereocenters. The smallest absolute Gasteiger partial charge is 0.163 e. The van der Waals surface area contributed by atoms with Crippen molar-refractivity contribution in [3.05, 3.63) is 54.9 Å². The molecule has 1 N–H and O–H groups in total. The summed E-state index contributed by atoms with van der Waals surface area (Å²) >= 11 is 0. The summed E-state index contributed by atoms with van der Waals surface area (Å²) in [6.07, 6.45) is 6.81. The molecule has 0 bridgehead atoms. The van der Waals surface area contributed by atoms with E-state index in [1.807, 2.05) is 35.9 Å². The van der Waals surface area contributed by atoms with Crippen molar-refractivity contribution >= 4 is 5.69 Å². The Kier molecular flexibility index (Phi) is 3.36. The lowest BCUT2D eigenvalue weighted by atomic mass is 10.2. The molecule has 0 aliphatic heterocycles. The molecule has 3 aromatic rings. The first-order valence-corrected chi connectivity index (χ1v) is 6.25. The van der Waals surface area contributed by atoms with Gasteiger partial charge in [0.05, 0.1) is 0 Å². The summed E-state index contributed by atoms with van der Waals surface area (Å²) in [6.45, 7) is 0.684. The second-order valence-electron chi connectivity index (χ2n) is 4.45. The maximum Gasteiger partial charge on any atom is 0.163 e. The first-order valence-electron chi connectivity index (χ1n) is 6.25. The average Bonchev–Trinajstić information content (AvgIpc) is 2.93. The molecule has 0 radical (unpaired) electrons. The lowest BCUT2D eigenvalue weighted by Crippen LogP contribution is -2.00. The van der Waals surface area contributed by atoms with Gasteiger partial charge in [-0.15, -0.1) is 10.2 Å². The number of hydrogen-bond donors (Lipinski definition) is 1. The summed E-state index contributed by atoms with van der Waals surface area (Å²) in [5.74, 6) is 0.844. The number of aromatic nitrogens is 5. The second-order valence-corrected chi connectivity index (χ2v) is 4.45. The normalized spacial score (nSPS) is 10.4. The van der Waals surface area contributed by atoms with Crippen molar-refractivity contribution in [3.63, 3.8) is 0 Å². The molecule has 20 heavy (non-hydrogen) atoms. The van der Waals surface area contributed by atoms with Crippen LogP contribution in [0.1, 0.15) is 5.56 Å². The van der Waals surface area contributed by atoms with E-state index in [9.17, 15) is 0 Å². The van der Waals surface area contributed by atoms with Gasteiger partial charge in [0.1, 0.15) is 12.7 Å². The largest absolute Gasteiger partial charge is 0.381 e. The van der Waals surface area contributed by atoms with E-state index in [4.69, 9.17) is 0 Å². The summed E-state index contributed by atoms with van der Waals surface area (Å²) in [5, 5.41) is 11.4. The molecule has 0 unspecified atom stereocenters. The monoisotopic (exact) mass is 266 g/mol. The van der Waals surface area contributed by atoms with E-state index in [1.165, 1.54) is 6.33 Å². The van der Waals surface area contributed by atoms with E-state index < -0.39 is 0 Å². The zero-order valence-corrected chi connectivity index (χ0v) is 11.1. The Morgan fingerprint density at radius 2 is 2.05 bits per heavy atom. The van der Waals surface area contributed by atoms with E-state index in [0.29, 0.717) is 6.54 Å². The molecule has 0 amide bonds. The Balaban J connectivity index is 1.77. The summed E-state index contributed by atoms with van der Waals surface area (Å²) < 4.78 is 1.89. The van der Waals surface area contributed by atoms with Crippen molar-refractivity contribution < 1.29 is 0 Å². The summed E-state index contributed by atoms with van der Waals surface area (Å²) in [4.78, 5) is 7.99. The molecule has 0 spiro atoms. The quantitative estimate of drug-likeness (QED) is 0.781. The van der Waals surface area contributed by atoms with E-state index in [-0.39, 0.29) is 0 Å². The number of aryl methyl sites for hydroxylation is 1. The number of rotatable bonds is 4. The molecular formula is C14H14N6. The van der Waals surface area contributed by atoms with Crippen LogP contribution in [0.2, 0.25) is 0 Å². The van der Waals surface area contributed by atoms with Gasteiger partial charge in [-0.05, 0) is 12.1 Å². The molecule has 0 aliphatic carbocycles. The molecule has 2 aromatic heterocycles. The van der Waals surface area contributed by atoms with Gasteiger partial charge in [0.2, 0.25) is 0 Å². The fraction of sp³-hybridized carbons (Fsp3) is 0.143. The highest BCUT2D eigenvalue weighted by Gasteiger charge is 2.05. The zero-order chi connectivity index (χ0) is 13.8. The van der Waals surface area contributed by atoms with Gasteiger partial charge in [-0.1, -0.05) is 12.1 Å². The van der Waals surface area contributed by atoms with Gasteiger partial charge >= 0.3 is 0 Å².